The number of fused-ring (bicyclic) bond motifs is 1. The Bertz CT molecular complexity index is 800. The Labute approximate surface area is 134 Å². The van der Waals surface area contributed by atoms with Gasteiger partial charge < -0.3 is 4.57 Å². The number of aromatic nitrogens is 3. The Morgan fingerprint density at radius 1 is 1.04 bits per heavy atom. The molecule has 3 aromatic rings. The van der Waals surface area contributed by atoms with Gasteiger partial charge >= 0.3 is 0 Å². The Balaban J connectivity index is 1.68. The predicted octanol–water partition coefficient (Wildman–Crippen LogP) is 3.17. The number of imidazole rings is 1. The standard InChI is InChI=1S/C18H17FN4/c19-15-7-4-8-20-16(15)11-23-13-18-21-9-10-22(18)12-17(23)14-5-2-1-3-6-14/h1-10,17H,11-13H2/t17-/m0/s1. The van der Waals surface area contributed by atoms with Gasteiger partial charge in [0.15, 0.2) is 0 Å². The second kappa shape index (κ2) is 5.93. The van der Waals surface area contributed by atoms with Crippen molar-refractivity contribution in [2.45, 2.75) is 25.7 Å². The lowest BCUT2D eigenvalue weighted by Gasteiger charge is -2.36. The van der Waals surface area contributed by atoms with E-state index < -0.39 is 0 Å². The summed E-state index contributed by atoms with van der Waals surface area (Å²) >= 11 is 0. The predicted molar refractivity (Wildman–Crippen MR) is 84.9 cm³/mol. The van der Waals surface area contributed by atoms with Crippen LogP contribution < -0.4 is 0 Å². The Kier molecular flexibility index (Phi) is 3.63. The van der Waals surface area contributed by atoms with Crippen molar-refractivity contribution >= 4 is 0 Å². The zero-order valence-corrected chi connectivity index (χ0v) is 12.6. The van der Waals surface area contributed by atoms with E-state index in [1.807, 2.05) is 30.6 Å². The molecule has 0 saturated carbocycles. The molecule has 5 heteroatoms. The lowest BCUT2D eigenvalue weighted by atomic mass is 10.0. The molecule has 4 rings (SSSR count). The highest BCUT2D eigenvalue weighted by molar-refractivity contribution is 5.21. The van der Waals surface area contributed by atoms with Gasteiger partial charge in [-0.05, 0) is 17.7 Å². The molecule has 0 saturated heterocycles. The lowest BCUT2D eigenvalue weighted by molar-refractivity contribution is 0.125. The molecule has 0 aliphatic carbocycles. The van der Waals surface area contributed by atoms with E-state index in [1.165, 1.54) is 11.6 Å². The van der Waals surface area contributed by atoms with Gasteiger partial charge in [-0.3, -0.25) is 9.88 Å². The molecule has 116 valence electrons. The van der Waals surface area contributed by atoms with Gasteiger partial charge in [-0.1, -0.05) is 30.3 Å². The summed E-state index contributed by atoms with van der Waals surface area (Å²) in [7, 11) is 0. The van der Waals surface area contributed by atoms with Crippen molar-refractivity contribution in [1.82, 2.24) is 19.4 Å². The monoisotopic (exact) mass is 308 g/mol. The Morgan fingerprint density at radius 3 is 2.74 bits per heavy atom. The number of halogens is 1. The number of nitrogens with zero attached hydrogens (tertiary/aromatic N) is 4. The van der Waals surface area contributed by atoms with E-state index >= 15 is 0 Å². The summed E-state index contributed by atoms with van der Waals surface area (Å²) < 4.78 is 16.2. The summed E-state index contributed by atoms with van der Waals surface area (Å²) in [5.41, 5.74) is 1.71. The van der Waals surface area contributed by atoms with Gasteiger partial charge in [0.05, 0.1) is 18.3 Å². The molecule has 0 unspecified atom stereocenters. The zero-order valence-electron chi connectivity index (χ0n) is 12.6. The fraction of sp³-hybridized carbons (Fsp3) is 0.222. The van der Waals surface area contributed by atoms with Crippen LogP contribution >= 0.6 is 0 Å². The van der Waals surface area contributed by atoms with Crippen molar-refractivity contribution in [3.8, 4) is 0 Å². The van der Waals surface area contributed by atoms with Crippen LogP contribution in [0, 0.1) is 5.82 Å². The molecule has 0 N–H and O–H groups in total. The highest BCUT2D eigenvalue weighted by atomic mass is 19.1. The zero-order chi connectivity index (χ0) is 15.6. The smallest absolute Gasteiger partial charge is 0.146 e. The first-order valence-corrected chi connectivity index (χ1v) is 7.69. The van der Waals surface area contributed by atoms with Crippen molar-refractivity contribution in [3.05, 3.63) is 84.0 Å². The minimum atomic E-state index is -0.256. The SMILES string of the molecule is Fc1cccnc1CN1Cc2nccn2C[C@H]1c1ccccc1. The topological polar surface area (TPSA) is 34.0 Å². The third kappa shape index (κ3) is 2.75. The fourth-order valence-electron chi connectivity index (χ4n) is 3.14. The lowest BCUT2D eigenvalue weighted by Crippen LogP contribution is -2.37. The van der Waals surface area contributed by atoms with Gasteiger partial charge in [0, 0.05) is 31.7 Å². The molecular weight excluding hydrogens is 291 g/mol. The molecule has 0 amide bonds. The first-order valence-electron chi connectivity index (χ1n) is 7.69. The summed E-state index contributed by atoms with van der Waals surface area (Å²) in [4.78, 5) is 10.8. The van der Waals surface area contributed by atoms with E-state index in [9.17, 15) is 4.39 Å². The third-order valence-corrected chi connectivity index (χ3v) is 4.33. The maximum absolute atomic E-state index is 14.0. The summed E-state index contributed by atoms with van der Waals surface area (Å²) in [6.07, 6.45) is 5.47. The molecule has 0 bridgehead atoms. The van der Waals surface area contributed by atoms with Crippen LogP contribution in [0.5, 0.6) is 0 Å². The maximum Gasteiger partial charge on any atom is 0.146 e. The second-order valence-corrected chi connectivity index (χ2v) is 5.76. The molecule has 0 radical (unpaired) electrons. The number of pyridine rings is 1. The molecule has 23 heavy (non-hydrogen) atoms. The number of rotatable bonds is 3. The van der Waals surface area contributed by atoms with Crippen LogP contribution in [0.3, 0.4) is 0 Å². The van der Waals surface area contributed by atoms with Gasteiger partial charge in [0.2, 0.25) is 0 Å². The van der Waals surface area contributed by atoms with Gasteiger partial charge in [-0.25, -0.2) is 9.37 Å². The van der Waals surface area contributed by atoms with Crippen LogP contribution in [0.4, 0.5) is 4.39 Å². The molecule has 1 atom stereocenters. The van der Waals surface area contributed by atoms with Crippen LogP contribution in [0.25, 0.3) is 0 Å². The van der Waals surface area contributed by atoms with Gasteiger partial charge in [0.25, 0.3) is 0 Å². The van der Waals surface area contributed by atoms with E-state index in [1.54, 1.807) is 12.3 Å². The van der Waals surface area contributed by atoms with E-state index in [-0.39, 0.29) is 11.9 Å². The van der Waals surface area contributed by atoms with Crippen molar-refractivity contribution in [1.29, 1.82) is 0 Å². The van der Waals surface area contributed by atoms with Crippen LogP contribution in [0.15, 0.2) is 61.1 Å². The van der Waals surface area contributed by atoms with E-state index in [0.717, 1.165) is 12.4 Å². The molecule has 0 spiro atoms. The average molecular weight is 308 g/mol. The summed E-state index contributed by atoms with van der Waals surface area (Å²) in [5.74, 6) is 0.752. The number of hydrogen-bond donors (Lipinski definition) is 0. The maximum atomic E-state index is 14.0. The molecule has 1 aliphatic heterocycles. The van der Waals surface area contributed by atoms with Gasteiger partial charge in [0.1, 0.15) is 11.6 Å². The average Bonchev–Trinajstić information content (AvgIpc) is 3.04. The first kappa shape index (κ1) is 14.1. The first-order chi connectivity index (χ1) is 11.3. The third-order valence-electron chi connectivity index (χ3n) is 4.33. The van der Waals surface area contributed by atoms with Crippen molar-refractivity contribution < 1.29 is 4.39 Å². The minimum absolute atomic E-state index is 0.180. The van der Waals surface area contributed by atoms with Gasteiger partial charge in [-0.2, -0.15) is 0 Å². The molecule has 4 nitrogen and oxygen atoms in total. The van der Waals surface area contributed by atoms with Crippen molar-refractivity contribution in [2.24, 2.45) is 0 Å². The normalized spacial score (nSPS) is 17.9. The van der Waals surface area contributed by atoms with Crippen molar-refractivity contribution in [2.75, 3.05) is 0 Å². The largest absolute Gasteiger partial charge is 0.332 e. The molecule has 1 aliphatic rings. The minimum Gasteiger partial charge on any atom is -0.332 e. The van der Waals surface area contributed by atoms with Crippen LogP contribution in [-0.2, 0) is 19.6 Å². The summed E-state index contributed by atoms with van der Waals surface area (Å²) in [6.45, 7) is 1.97. The molecule has 0 fully saturated rings. The summed E-state index contributed by atoms with van der Waals surface area (Å²) in [5, 5.41) is 0. The Hall–Kier alpha value is -2.53. The highest BCUT2D eigenvalue weighted by Crippen LogP contribution is 2.30. The van der Waals surface area contributed by atoms with E-state index in [4.69, 9.17) is 0 Å². The molecular formula is C18H17FN4. The Morgan fingerprint density at radius 2 is 1.91 bits per heavy atom. The van der Waals surface area contributed by atoms with Gasteiger partial charge in [-0.15, -0.1) is 0 Å². The van der Waals surface area contributed by atoms with Crippen LogP contribution in [0.1, 0.15) is 23.1 Å². The summed E-state index contributed by atoms with van der Waals surface area (Å²) in [6, 6.07) is 13.6. The second-order valence-electron chi connectivity index (χ2n) is 5.76. The fourth-order valence-corrected chi connectivity index (χ4v) is 3.14. The van der Waals surface area contributed by atoms with Crippen molar-refractivity contribution in [3.63, 3.8) is 0 Å². The quantitative estimate of drug-likeness (QED) is 0.745. The van der Waals surface area contributed by atoms with Crippen LogP contribution in [0.2, 0.25) is 0 Å². The number of benzene rings is 1. The molecule has 3 heterocycles. The number of hydrogen-bond acceptors (Lipinski definition) is 3. The van der Waals surface area contributed by atoms with E-state index in [0.29, 0.717) is 18.8 Å². The van der Waals surface area contributed by atoms with E-state index in [2.05, 4.69) is 31.6 Å². The molecule has 2 aromatic heterocycles. The van der Waals surface area contributed by atoms with Crippen LogP contribution in [-0.4, -0.2) is 19.4 Å². The highest BCUT2D eigenvalue weighted by Gasteiger charge is 2.28. The molecule has 1 aromatic carbocycles.